The monoisotopic (exact) mass is 298 g/mol. The second-order valence-electron chi connectivity index (χ2n) is 4.56. The van der Waals surface area contributed by atoms with Crippen LogP contribution >= 0.6 is 11.6 Å². The van der Waals surface area contributed by atoms with Gasteiger partial charge in [-0.15, -0.1) is 0 Å². The summed E-state index contributed by atoms with van der Waals surface area (Å²) in [6.45, 7) is 1.63. The number of fused-ring (bicyclic) bond motifs is 1. The van der Waals surface area contributed by atoms with E-state index < -0.39 is 17.4 Å². The van der Waals surface area contributed by atoms with Gasteiger partial charge in [0.1, 0.15) is 5.75 Å². The van der Waals surface area contributed by atoms with Crippen molar-refractivity contribution in [3.63, 3.8) is 0 Å². The minimum absolute atomic E-state index is 0.0363. The molecular formula is C13H15ClN2O4. The van der Waals surface area contributed by atoms with Crippen LogP contribution in [0.4, 0.5) is 5.69 Å². The number of aliphatic hydroxyl groups excluding tert-OH is 1. The fourth-order valence-electron chi connectivity index (χ4n) is 1.80. The number of carbonyl (C=O) groups excluding carboxylic acids is 2. The van der Waals surface area contributed by atoms with E-state index in [0.717, 1.165) is 0 Å². The van der Waals surface area contributed by atoms with Crippen LogP contribution in [0, 0.1) is 0 Å². The number of aliphatic hydroxyl groups is 1. The molecule has 1 aromatic rings. The SMILES string of the molecule is C[C@@]1(C(=O)NCCCO)Oc2ccc(Cl)cc2NC1=O. The van der Waals surface area contributed by atoms with E-state index in [1.54, 1.807) is 18.2 Å². The molecule has 2 amide bonds. The minimum atomic E-state index is -1.64. The van der Waals surface area contributed by atoms with Crippen molar-refractivity contribution >= 4 is 29.1 Å². The summed E-state index contributed by atoms with van der Waals surface area (Å²) in [6.07, 6.45) is 0.412. The van der Waals surface area contributed by atoms with Crippen molar-refractivity contribution in [3.8, 4) is 5.75 Å². The Labute approximate surface area is 121 Å². The molecule has 2 rings (SSSR count). The lowest BCUT2D eigenvalue weighted by Crippen LogP contribution is -2.58. The number of benzene rings is 1. The molecule has 0 saturated carbocycles. The minimum Gasteiger partial charge on any atom is -0.466 e. The van der Waals surface area contributed by atoms with E-state index >= 15 is 0 Å². The first kappa shape index (κ1) is 14.6. The van der Waals surface area contributed by atoms with Gasteiger partial charge in [0.2, 0.25) is 0 Å². The maximum atomic E-state index is 12.1. The Hall–Kier alpha value is -1.79. The van der Waals surface area contributed by atoms with Gasteiger partial charge in [-0.3, -0.25) is 9.59 Å². The van der Waals surface area contributed by atoms with Crippen LogP contribution in [0.1, 0.15) is 13.3 Å². The lowest BCUT2D eigenvalue weighted by atomic mass is 10.0. The van der Waals surface area contributed by atoms with Crippen LogP contribution in [0.25, 0.3) is 0 Å². The van der Waals surface area contributed by atoms with Gasteiger partial charge in [-0.25, -0.2) is 0 Å². The lowest BCUT2D eigenvalue weighted by molar-refractivity contribution is -0.146. The molecule has 1 aliphatic rings. The Bertz CT molecular complexity index is 549. The molecule has 7 heteroatoms. The first-order chi connectivity index (χ1) is 9.47. The molecule has 0 radical (unpaired) electrons. The van der Waals surface area contributed by atoms with Gasteiger partial charge >= 0.3 is 0 Å². The zero-order valence-electron chi connectivity index (χ0n) is 10.9. The molecule has 108 valence electrons. The maximum Gasteiger partial charge on any atom is 0.278 e. The highest BCUT2D eigenvalue weighted by molar-refractivity contribution is 6.31. The number of halogens is 1. The van der Waals surface area contributed by atoms with Crippen LogP contribution in [0.2, 0.25) is 5.02 Å². The predicted octanol–water partition coefficient (Wildman–Crippen LogP) is 0.928. The van der Waals surface area contributed by atoms with Gasteiger partial charge in [0.15, 0.2) is 0 Å². The van der Waals surface area contributed by atoms with E-state index in [1.165, 1.54) is 6.92 Å². The Morgan fingerprint density at radius 2 is 2.30 bits per heavy atom. The second kappa shape index (κ2) is 5.68. The Morgan fingerprint density at radius 3 is 3.00 bits per heavy atom. The molecule has 1 aromatic carbocycles. The number of ether oxygens (including phenoxy) is 1. The van der Waals surface area contributed by atoms with E-state index in [9.17, 15) is 9.59 Å². The molecule has 3 N–H and O–H groups in total. The van der Waals surface area contributed by atoms with Crippen molar-refractivity contribution in [3.05, 3.63) is 23.2 Å². The van der Waals surface area contributed by atoms with Gasteiger partial charge in [-0.05, 0) is 31.5 Å². The van der Waals surface area contributed by atoms with Crippen molar-refractivity contribution in [1.82, 2.24) is 5.32 Å². The van der Waals surface area contributed by atoms with E-state index in [-0.39, 0.29) is 13.2 Å². The van der Waals surface area contributed by atoms with Crippen LogP contribution in [-0.4, -0.2) is 35.7 Å². The van der Waals surface area contributed by atoms with Crippen LogP contribution in [0.3, 0.4) is 0 Å². The third kappa shape index (κ3) is 2.71. The van der Waals surface area contributed by atoms with Gasteiger partial charge in [0.25, 0.3) is 17.4 Å². The first-order valence-corrected chi connectivity index (χ1v) is 6.54. The molecule has 0 saturated heterocycles. The quantitative estimate of drug-likeness (QED) is 0.570. The molecule has 0 spiro atoms. The molecule has 1 aliphatic heterocycles. The summed E-state index contributed by atoms with van der Waals surface area (Å²) in [4.78, 5) is 24.2. The molecule has 0 aliphatic carbocycles. The predicted molar refractivity (Wildman–Crippen MR) is 73.8 cm³/mol. The topological polar surface area (TPSA) is 87.7 Å². The second-order valence-corrected chi connectivity index (χ2v) is 5.00. The highest BCUT2D eigenvalue weighted by Crippen LogP contribution is 2.35. The molecule has 1 atom stereocenters. The van der Waals surface area contributed by atoms with E-state index in [4.69, 9.17) is 21.4 Å². The number of rotatable bonds is 4. The Morgan fingerprint density at radius 1 is 1.55 bits per heavy atom. The number of nitrogens with one attached hydrogen (secondary N) is 2. The van der Waals surface area contributed by atoms with E-state index in [2.05, 4.69) is 10.6 Å². The average Bonchev–Trinajstić information content (AvgIpc) is 2.40. The fourth-order valence-corrected chi connectivity index (χ4v) is 1.97. The number of hydrogen-bond acceptors (Lipinski definition) is 4. The zero-order valence-corrected chi connectivity index (χ0v) is 11.7. The standard InChI is InChI=1S/C13H15ClN2O4/c1-13(11(18)15-5-2-6-17)12(19)16-9-7-8(14)3-4-10(9)20-13/h3-4,7,17H,2,5-6H2,1H3,(H,15,18)(H,16,19)/t13-/m0/s1. The normalized spacial score (nSPS) is 20.6. The molecular weight excluding hydrogens is 284 g/mol. The number of carbonyl (C=O) groups is 2. The summed E-state index contributed by atoms with van der Waals surface area (Å²) in [5.74, 6) is -0.730. The molecule has 0 aromatic heterocycles. The van der Waals surface area contributed by atoms with Crippen molar-refractivity contribution in [2.75, 3.05) is 18.5 Å². The van der Waals surface area contributed by atoms with E-state index in [0.29, 0.717) is 22.9 Å². The van der Waals surface area contributed by atoms with Gasteiger partial charge in [-0.1, -0.05) is 11.6 Å². The molecule has 6 nitrogen and oxygen atoms in total. The van der Waals surface area contributed by atoms with Crippen molar-refractivity contribution in [1.29, 1.82) is 0 Å². The van der Waals surface area contributed by atoms with Gasteiger partial charge in [0, 0.05) is 18.2 Å². The summed E-state index contributed by atoms with van der Waals surface area (Å²) in [6, 6.07) is 4.76. The number of amides is 2. The number of anilines is 1. The molecule has 1 heterocycles. The largest absolute Gasteiger partial charge is 0.466 e. The number of hydrogen-bond donors (Lipinski definition) is 3. The zero-order chi connectivity index (χ0) is 14.8. The summed E-state index contributed by atoms with van der Waals surface area (Å²) < 4.78 is 5.53. The average molecular weight is 299 g/mol. The van der Waals surface area contributed by atoms with Crippen LogP contribution in [0.5, 0.6) is 5.75 Å². The van der Waals surface area contributed by atoms with Gasteiger partial charge in [-0.2, -0.15) is 0 Å². The van der Waals surface area contributed by atoms with Crippen molar-refractivity contribution < 1.29 is 19.4 Å². The molecule has 0 bridgehead atoms. The lowest BCUT2D eigenvalue weighted by Gasteiger charge is -2.33. The van der Waals surface area contributed by atoms with Crippen molar-refractivity contribution in [2.24, 2.45) is 0 Å². The Kier molecular flexibility index (Phi) is 4.15. The highest BCUT2D eigenvalue weighted by Gasteiger charge is 2.47. The van der Waals surface area contributed by atoms with Gasteiger partial charge < -0.3 is 20.5 Å². The van der Waals surface area contributed by atoms with Crippen molar-refractivity contribution in [2.45, 2.75) is 18.9 Å². The maximum absolute atomic E-state index is 12.1. The first-order valence-electron chi connectivity index (χ1n) is 6.16. The molecule has 20 heavy (non-hydrogen) atoms. The summed E-state index contributed by atoms with van der Waals surface area (Å²) in [7, 11) is 0. The van der Waals surface area contributed by atoms with Crippen LogP contribution < -0.4 is 15.4 Å². The highest BCUT2D eigenvalue weighted by atomic mass is 35.5. The van der Waals surface area contributed by atoms with Crippen LogP contribution in [-0.2, 0) is 9.59 Å². The summed E-state index contributed by atoms with van der Waals surface area (Å²) in [5, 5.41) is 14.3. The fraction of sp³-hybridized carbons (Fsp3) is 0.385. The molecule has 0 unspecified atom stereocenters. The van der Waals surface area contributed by atoms with Gasteiger partial charge in [0.05, 0.1) is 5.69 Å². The molecule has 0 fully saturated rings. The third-order valence-corrected chi connectivity index (χ3v) is 3.23. The third-order valence-electron chi connectivity index (χ3n) is 2.99. The Balaban J connectivity index is 2.18. The van der Waals surface area contributed by atoms with E-state index in [1.807, 2.05) is 0 Å². The summed E-state index contributed by atoms with van der Waals surface area (Å²) in [5.41, 5.74) is -1.21. The van der Waals surface area contributed by atoms with Crippen LogP contribution in [0.15, 0.2) is 18.2 Å². The smallest absolute Gasteiger partial charge is 0.278 e. The summed E-state index contributed by atoms with van der Waals surface area (Å²) >= 11 is 5.83.